The first-order chi connectivity index (χ1) is 2.41. The maximum atomic E-state index is 3.18. The Labute approximate surface area is 36.0 Å². The highest BCUT2D eigenvalue weighted by molar-refractivity contribution is 6.10. The first-order valence-corrected chi connectivity index (χ1v) is 2.16. The summed E-state index contributed by atoms with van der Waals surface area (Å²) in [7, 11) is 3.18. The van der Waals surface area contributed by atoms with E-state index in [-0.39, 0.29) is 0 Å². The Morgan fingerprint density at radius 1 is 1.80 bits per heavy atom. The molecule has 0 saturated carbocycles. The van der Waals surface area contributed by atoms with Gasteiger partial charge in [0.15, 0.2) is 0 Å². The molecule has 0 aliphatic rings. The second kappa shape index (κ2) is 3.78. The molecule has 0 unspecified atom stereocenters. The summed E-state index contributed by atoms with van der Waals surface area (Å²) in [6, 6.07) is 0.788. The fraction of sp³-hybridized carbons (Fsp3) is 0.500. The molecule has 0 aliphatic heterocycles. The highest BCUT2D eigenvalue weighted by Gasteiger charge is 1.49. The summed E-state index contributed by atoms with van der Waals surface area (Å²) in [5, 5.41) is 0. The average molecular weight is 81.2 g/mol. The molecule has 0 rings (SSSR count). The van der Waals surface area contributed by atoms with Crippen LogP contribution in [0.4, 0.5) is 0 Å². The van der Waals surface area contributed by atoms with Gasteiger partial charge in [-0.25, -0.2) is 0 Å². The molecule has 0 heterocycles. The van der Waals surface area contributed by atoms with E-state index in [2.05, 4.69) is 22.1 Å². The van der Waals surface area contributed by atoms with Gasteiger partial charge in [0.05, 0.1) is 0 Å². The maximum absolute atomic E-state index is 3.18. The van der Waals surface area contributed by atoms with Crippen molar-refractivity contribution in [2.75, 3.05) is 0 Å². The van der Waals surface area contributed by atoms with Crippen LogP contribution >= 0.6 is 0 Å². The van der Waals surface area contributed by atoms with Crippen LogP contribution in [0.15, 0.2) is 0 Å². The highest BCUT2D eigenvalue weighted by atomic mass is 28.1. The molecule has 0 aliphatic carbocycles. The van der Waals surface area contributed by atoms with Crippen molar-refractivity contribution in [1.29, 1.82) is 0 Å². The quantitative estimate of drug-likeness (QED) is 0.296. The molecule has 0 aromatic heterocycles. The minimum atomic E-state index is 0.788. The van der Waals surface area contributed by atoms with Gasteiger partial charge in [-0.1, -0.05) is 0 Å². The highest BCUT2D eigenvalue weighted by Crippen LogP contribution is 1.57. The van der Waals surface area contributed by atoms with Crippen molar-refractivity contribution in [3.05, 3.63) is 0 Å². The molecule has 25 valence electrons. The van der Waals surface area contributed by atoms with Gasteiger partial charge in [-0.05, 0) is 13.0 Å². The predicted molar refractivity (Wildman–Crippen MR) is 24.0 cm³/mol. The van der Waals surface area contributed by atoms with Crippen LogP contribution in [0.1, 0.15) is 6.92 Å². The minimum absolute atomic E-state index is 0.788. The van der Waals surface area contributed by atoms with Crippen LogP contribution in [0, 0.1) is 11.8 Å². The normalized spacial score (nSPS) is 5.20. The summed E-state index contributed by atoms with van der Waals surface area (Å²) in [6.07, 6.45) is 0. The smallest absolute Gasteiger partial charge is 0.0396 e. The standard InChI is InChI=1S/C4H5Si/c1-2-3-4-5/h4H2,1H3. The third-order valence-corrected chi connectivity index (χ3v) is 0.442. The van der Waals surface area contributed by atoms with Crippen LogP contribution in [0.2, 0.25) is 6.04 Å². The lowest BCUT2D eigenvalue weighted by Gasteiger charge is -1.57. The van der Waals surface area contributed by atoms with Gasteiger partial charge in [0.25, 0.3) is 0 Å². The van der Waals surface area contributed by atoms with Crippen molar-refractivity contribution in [3.8, 4) is 11.8 Å². The molecular formula is C4H5Si. The van der Waals surface area contributed by atoms with E-state index in [1.165, 1.54) is 0 Å². The number of rotatable bonds is 0. The Morgan fingerprint density at radius 2 is 2.40 bits per heavy atom. The Balaban J connectivity index is 2.81. The Morgan fingerprint density at radius 3 is 2.40 bits per heavy atom. The van der Waals surface area contributed by atoms with E-state index in [4.69, 9.17) is 0 Å². The van der Waals surface area contributed by atoms with E-state index < -0.39 is 0 Å². The summed E-state index contributed by atoms with van der Waals surface area (Å²) in [5.74, 6) is 5.49. The first kappa shape index (κ1) is 4.78. The predicted octanol–water partition coefficient (Wildman–Crippen LogP) is 0.597. The maximum Gasteiger partial charge on any atom is 0.0396 e. The van der Waals surface area contributed by atoms with Gasteiger partial charge < -0.3 is 0 Å². The molecule has 0 spiro atoms. The summed E-state index contributed by atoms with van der Waals surface area (Å²) >= 11 is 0. The van der Waals surface area contributed by atoms with Gasteiger partial charge in [-0.2, -0.15) is 0 Å². The molecule has 0 bridgehead atoms. The van der Waals surface area contributed by atoms with E-state index in [1.807, 2.05) is 6.92 Å². The van der Waals surface area contributed by atoms with E-state index in [0.29, 0.717) is 0 Å². The lowest BCUT2D eigenvalue weighted by atomic mass is 10.7. The zero-order valence-corrected chi connectivity index (χ0v) is 4.21. The van der Waals surface area contributed by atoms with E-state index >= 15 is 0 Å². The van der Waals surface area contributed by atoms with Gasteiger partial charge >= 0.3 is 0 Å². The zero-order chi connectivity index (χ0) is 4.12. The van der Waals surface area contributed by atoms with Gasteiger partial charge in [-0.3, -0.25) is 0 Å². The third kappa shape index (κ3) is 3.78. The summed E-state index contributed by atoms with van der Waals surface area (Å²) in [6.45, 7) is 1.82. The molecule has 0 aromatic rings. The molecule has 0 N–H and O–H groups in total. The Kier molecular flexibility index (Phi) is 3.61. The van der Waals surface area contributed by atoms with Crippen LogP contribution < -0.4 is 0 Å². The second-order valence-electron chi connectivity index (χ2n) is 0.604. The van der Waals surface area contributed by atoms with E-state index in [9.17, 15) is 0 Å². The van der Waals surface area contributed by atoms with Crippen LogP contribution in [-0.2, 0) is 0 Å². The van der Waals surface area contributed by atoms with Crippen molar-refractivity contribution in [2.45, 2.75) is 13.0 Å². The van der Waals surface area contributed by atoms with E-state index in [0.717, 1.165) is 6.04 Å². The lowest BCUT2D eigenvalue weighted by molar-refractivity contribution is 1.80. The van der Waals surface area contributed by atoms with Crippen LogP contribution in [0.5, 0.6) is 0 Å². The minimum Gasteiger partial charge on any atom is -0.108 e. The van der Waals surface area contributed by atoms with Gasteiger partial charge in [0, 0.05) is 10.2 Å². The van der Waals surface area contributed by atoms with Crippen molar-refractivity contribution in [2.24, 2.45) is 0 Å². The second-order valence-corrected chi connectivity index (χ2v) is 0.957. The Bertz CT molecular complexity index is 55.8. The van der Waals surface area contributed by atoms with Gasteiger partial charge in [-0.15, -0.1) is 11.8 Å². The van der Waals surface area contributed by atoms with Crippen LogP contribution in [-0.4, -0.2) is 10.2 Å². The van der Waals surface area contributed by atoms with Crippen molar-refractivity contribution < 1.29 is 0 Å². The summed E-state index contributed by atoms with van der Waals surface area (Å²) < 4.78 is 0. The molecule has 0 fully saturated rings. The molecule has 0 atom stereocenters. The SMILES string of the molecule is CC#CC[Si]. The molecule has 5 heavy (non-hydrogen) atoms. The molecule has 0 nitrogen and oxygen atoms in total. The van der Waals surface area contributed by atoms with Crippen molar-refractivity contribution in [1.82, 2.24) is 0 Å². The Hall–Kier alpha value is -0.223. The average Bonchev–Trinajstić information content (AvgIpc) is 1.41. The molecule has 0 amide bonds. The summed E-state index contributed by atoms with van der Waals surface area (Å²) in [5.41, 5.74) is 0. The molecule has 1 heteroatoms. The zero-order valence-electron chi connectivity index (χ0n) is 3.21. The van der Waals surface area contributed by atoms with Crippen LogP contribution in [0.25, 0.3) is 0 Å². The van der Waals surface area contributed by atoms with Crippen LogP contribution in [0.3, 0.4) is 0 Å². The van der Waals surface area contributed by atoms with Crippen molar-refractivity contribution in [3.63, 3.8) is 0 Å². The monoisotopic (exact) mass is 81.0 g/mol. The van der Waals surface area contributed by atoms with Gasteiger partial charge in [0.2, 0.25) is 0 Å². The topological polar surface area (TPSA) is 0 Å². The molecule has 0 saturated heterocycles. The number of hydrogen-bond acceptors (Lipinski definition) is 0. The molecule has 3 radical (unpaired) electrons. The number of hydrogen-bond donors (Lipinski definition) is 0. The van der Waals surface area contributed by atoms with E-state index in [1.54, 1.807) is 0 Å². The fourth-order valence-corrected chi connectivity index (χ4v) is 0.265. The fourth-order valence-electron chi connectivity index (χ4n) is 0.0884. The molecular weight excluding hydrogens is 76.1 g/mol. The largest absolute Gasteiger partial charge is 0.108 e. The third-order valence-electron chi connectivity index (χ3n) is 0.265. The molecule has 0 aromatic carbocycles. The summed E-state index contributed by atoms with van der Waals surface area (Å²) in [4.78, 5) is 0. The van der Waals surface area contributed by atoms with Crippen molar-refractivity contribution >= 4 is 10.2 Å². The van der Waals surface area contributed by atoms with Gasteiger partial charge in [0.1, 0.15) is 0 Å². The first-order valence-electron chi connectivity index (χ1n) is 1.46. The lowest BCUT2D eigenvalue weighted by Crippen LogP contribution is -1.52.